The SMILES string of the molecule is NC(=O)N1c2cccc(c2)C1C(=O)O. The van der Waals surface area contributed by atoms with E-state index >= 15 is 0 Å². The number of carboxylic acids is 1. The maximum atomic E-state index is 11.0. The van der Waals surface area contributed by atoms with Gasteiger partial charge in [0, 0.05) is 5.69 Å². The van der Waals surface area contributed by atoms with Crippen LogP contribution in [0.1, 0.15) is 11.6 Å². The van der Waals surface area contributed by atoms with E-state index in [0.29, 0.717) is 11.3 Å². The Labute approximate surface area is 79.7 Å². The summed E-state index contributed by atoms with van der Waals surface area (Å²) in [6.45, 7) is 0. The molecule has 0 fully saturated rings. The van der Waals surface area contributed by atoms with E-state index in [1.807, 2.05) is 0 Å². The Hall–Kier alpha value is -2.04. The van der Waals surface area contributed by atoms with E-state index in [1.54, 1.807) is 24.3 Å². The van der Waals surface area contributed by atoms with Gasteiger partial charge in [0.15, 0.2) is 6.04 Å². The maximum absolute atomic E-state index is 11.0. The highest BCUT2D eigenvalue weighted by Crippen LogP contribution is 2.35. The average molecular weight is 192 g/mol. The van der Waals surface area contributed by atoms with Crippen LogP contribution in [0.4, 0.5) is 10.5 Å². The molecule has 1 atom stereocenters. The Kier molecular flexibility index (Phi) is 1.67. The minimum absolute atomic E-state index is 0.530. The molecule has 2 amide bonds. The molecule has 1 aromatic carbocycles. The first-order chi connectivity index (χ1) is 6.61. The van der Waals surface area contributed by atoms with Crippen molar-refractivity contribution in [2.45, 2.75) is 6.04 Å². The van der Waals surface area contributed by atoms with Crippen LogP contribution in [0.15, 0.2) is 24.3 Å². The lowest BCUT2D eigenvalue weighted by atomic mass is 10.1. The zero-order chi connectivity index (χ0) is 10.3. The Bertz CT molecular complexity index is 381. The summed E-state index contributed by atoms with van der Waals surface area (Å²) in [6.07, 6.45) is 0. The molecule has 14 heavy (non-hydrogen) atoms. The molecule has 2 bridgehead atoms. The van der Waals surface area contributed by atoms with Crippen molar-refractivity contribution in [3.63, 3.8) is 0 Å². The summed E-state index contributed by atoms with van der Waals surface area (Å²) >= 11 is 0. The molecule has 1 unspecified atom stereocenters. The Balaban J connectivity index is 2.50. The van der Waals surface area contributed by atoms with Gasteiger partial charge in [-0.15, -0.1) is 0 Å². The number of amides is 2. The van der Waals surface area contributed by atoms with E-state index in [2.05, 4.69) is 0 Å². The van der Waals surface area contributed by atoms with Crippen LogP contribution in [0.5, 0.6) is 0 Å². The minimum atomic E-state index is -1.08. The largest absolute Gasteiger partial charge is 0.479 e. The molecule has 0 spiro atoms. The summed E-state index contributed by atoms with van der Waals surface area (Å²) < 4.78 is 0. The number of aliphatic carboxylic acids is 1. The first-order valence-corrected chi connectivity index (χ1v) is 4.02. The molecule has 1 aromatic rings. The van der Waals surface area contributed by atoms with Crippen LogP contribution in [0.25, 0.3) is 0 Å². The molecule has 1 aliphatic heterocycles. The normalized spacial score (nSPS) is 18.3. The molecule has 0 aromatic heterocycles. The molecular formula is C9H8N2O3. The zero-order valence-electron chi connectivity index (χ0n) is 7.18. The van der Waals surface area contributed by atoms with E-state index in [9.17, 15) is 9.59 Å². The number of urea groups is 1. The second-order valence-corrected chi connectivity index (χ2v) is 3.04. The number of carboxylic acid groups (broad SMARTS) is 1. The zero-order valence-corrected chi connectivity index (χ0v) is 7.18. The summed E-state index contributed by atoms with van der Waals surface area (Å²) in [4.78, 5) is 23.0. The highest BCUT2D eigenvalue weighted by Gasteiger charge is 2.36. The topological polar surface area (TPSA) is 83.6 Å². The fraction of sp³-hybridized carbons (Fsp3) is 0.111. The van der Waals surface area contributed by atoms with Gasteiger partial charge in [-0.05, 0) is 17.7 Å². The van der Waals surface area contributed by atoms with Crippen LogP contribution < -0.4 is 10.6 Å². The van der Waals surface area contributed by atoms with Crippen molar-refractivity contribution < 1.29 is 14.7 Å². The standard InChI is InChI=1S/C9H8N2O3/c10-9(14)11-6-3-1-2-5(4-6)7(11)8(12)13/h1-4,7H,(H2,10,14)(H,12,13). The lowest BCUT2D eigenvalue weighted by Crippen LogP contribution is -2.39. The predicted octanol–water partition coefficient (Wildman–Crippen LogP) is 0.711. The van der Waals surface area contributed by atoms with E-state index in [4.69, 9.17) is 10.8 Å². The predicted molar refractivity (Wildman–Crippen MR) is 48.9 cm³/mol. The molecule has 5 nitrogen and oxygen atoms in total. The lowest BCUT2D eigenvalue weighted by Gasteiger charge is -2.19. The highest BCUT2D eigenvalue weighted by molar-refractivity contribution is 6.00. The number of primary amides is 1. The molecule has 1 heterocycles. The molecule has 72 valence electrons. The highest BCUT2D eigenvalue weighted by atomic mass is 16.4. The molecule has 1 aliphatic rings. The van der Waals surface area contributed by atoms with Crippen LogP contribution in [0, 0.1) is 0 Å². The van der Waals surface area contributed by atoms with Crippen LogP contribution in [-0.2, 0) is 4.79 Å². The number of rotatable bonds is 1. The number of hydrogen-bond donors (Lipinski definition) is 2. The van der Waals surface area contributed by atoms with Gasteiger partial charge in [-0.2, -0.15) is 0 Å². The summed E-state index contributed by atoms with van der Waals surface area (Å²) in [5.74, 6) is -1.08. The Morgan fingerprint density at radius 3 is 2.71 bits per heavy atom. The molecule has 0 aliphatic carbocycles. The number of anilines is 1. The van der Waals surface area contributed by atoms with Crippen molar-refractivity contribution in [2.24, 2.45) is 5.73 Å². The molecule has 3 N–H and O–H groups in total. The van der Waals surface area contributed by atoms with Crippen molar-refractivity contribution in [3.8, 4) is 0 Å². The van der Waals surface area contributed by atoms with Crippen LogP contribution >= 0.6 is 0 Å². The average Bonchev–Trinajstić information content (AvgIpc) is 2.37. The van der Waals surface area contributed by atoms with E-state index < -0.39 is 18.0 Å². The number of carbonyl (C=O) groups excluding carboxylic acids is 1. The first kappa shape index (κ1) is 8.55. The summed E-state index contributed by atoms with van der Waals surface area (Å²) in [7, 11) is 0. The summed E-state index contributed by atoms with van der Waals surface area (Å²) in [5.41, 5.74) is 6.21. The van der Waals surface area contributed by atoms with Gasteiger partial charge in [0.2, 0.25) is 0 Å². The third-order valence-corrected chi connectivity index (χ3v) is 2.19. The number of carbonyl (C=O) groups is 2. The molecule has 5 heteroatoms. The monoisotopic (exact) mass is 192 g/mol. The van der Waals surface area contributed by atoms with Crippen molar-refractivity contribution in [1.82, 2.24) is 0 Å². The van der Waals surface area contributed by atoms with Crippen LogP contribution in [0.3, 0.4) is 0 Å². The Morgan fingerprint density at radius 1 is 1.43 bits per heavy atom. The first-order valence-electron chi connectivity index (χ1n) is 4.02. The van der Waals surface area contributed by atoms with Gasteiger partial charge in [0.05, 0.1) is 0 Å². The summed E-state index contributed by atoms with van der Waals surface area (Å²) in [6, 6.07) is 4.92. The van der Waals surface area contributed by atoms with Gasteiger partial charge in [-0.1, -0.05) is 12.1 Å². The fourth-order valence-electron chi connectivity index (χ4n) is 1.65. The number of fused-ring (bicyclic) bond motifs is 2. The van der Waals surface area contributed by atoms with Crippen molar-refractivity contribution in [1.29, 1.82) is 0 Å². The second-order valence-electron chi connectivity index (χ2n) is 3.04. The molecule has 2 rings (SSSR count). The van der Waals surface area contributed by atoms with Gasteiger partial charge in [0.25, 0.3) is 0 Å². The van der Waals surface area contributed by atoms with Gasteiger partial charge < -0.3 is 10.8 Å². The summed E-state index contributed by atoms with van der Waals surface area (Å²) in [5, 5.41) is 8.93. The van der Waals surface area contributed by atoms with Crippen molar-refractivity contribution >= 4 is 17.7 Å². The lowest BCUT2D eigenvalue weighted by molar-refractivity contribution is -0.138. The van der Waals surface area contributed by atoms with Crippen LogP contribution in [-0.4, -0.2) is 17.1 Å². The van der Waals surface area contributed by atoms with E-state index in [-0.39, 0.29) is 0 Å². The number of hydrogen-bond acceptors (Lipinski definition) is 2. The van der Waals surface area contributed by atoms with Gasteiger partial charge >= 0.3 is 12.0 Å². The van der Waals surface area contributed by atoms with E-state index in [1.165, 1.54) is 0 Å². The maximum Gasteiger partial charge on any atom is 0.331 e. The third-order valence-electron chi connectivity index (χ3n) is 2.19. The molecular weight excluding hydrogens is 184 g/mol. The Morgan fingerprint density at radius 2 is 2.14 bits per heavy atom. The number of nitrogens with two attached hydrogens (primary N) is 1. The van der Waals surface area contributed by atoms with Crippen LogP contribution in [0.2, 0.25) is 0 Å². The quantitative estimate of drug-likeness (QED) is 0.687. The van der Waals surface area contributed by atoms with Gasteiger partial charge in [-0.3, -0.25) is 4.90 Å². The molecule has 0 radical (unpaired) electrons. The fourth-order valence-corrected chi connectivity index (χ4v) is 1.65. The molecule has 0 saturated heterocycles. The second kappa shape index (κ2) is 2.73. The van der Waals surface area contributed by atoms with Crippen molar-refractivity contribution in [2.75, 3.05) is 4.90 Å². The minimum Gasteiger partial charge on any atom is -0.479 e. The number of nitrogens with zero attached hydrogens (tertiary/aromatic N) is 1. The van der Waals surface area contributed by atoms with Gasteiger partial charge in [-0.25, -0.2) is 9.59 Å². The van der Waals surface area contributed by atoms with Gasteiger partial charge in [0.1, 0.15) is 0 Å². The molecule has 0 saturated carbocycles. The number of benzene rings is 1. The van der Waals surface area contributed by atoms with E-state index in [0.717, 1.165) is 4.90 Å². The smallest absolute Gasteiger partial charge is 0.331 e. The van der Waals surface area contributed by atoms with Crippen molar-refractivity contribution in [3.05, 3.63) is 29.8 Å². The third kappa shape index (κ3) is 1.02.